The van der Waals surface area contributed by atoms with Gasteiger partial charge >= 0.3 is 0 Å². The van der Waals surface area contributed by atoms with E-state index in [-0.39, 0.29) is 12.7 Å². The topological polar surface area (TPSA) is 77.0 Å². The normalized spacial score (nSPS) is 11.8. The van der Waals surface area contributed by atoms with E-state index in [2.05, 4.69) is 12.2 Å². The molecule has 0 bridgehead atoms. The lowest BCUT2D eigenvalue weighted by Crippen LogP contribution is -2.39. The number of aryl methyl sites for hydroxylation is 1. The predicted octanol–water partition coefficient (Wildman–Crippen LogP) is 3.14. The summed E-state index contributed by atoms with van der Waals surface area (Å²) in [5, 5.41) is 12.7. The molecule has 0 saturated heterocycles. The van der Waals surface area contributed by atoms with Gasteiger partial charge in [-0.25, -0.2) is 0 Å². The summed E-state index contributed by atoms with van der Waals surface area (Å²) in [4.78, 5) is 12.1. The molecule has 2 N–H and O–H groups in total. The molecule has 1 amide bonds. The van der Waals surface area contributed by atoms with E-state index in [0.717, 1.165) is 12.0 Å². The van der Waals surface area contributed by atoms with Gasteiger partial charge in [-0.05, 0) is 62.1 Å². The number of hydrogen-bond acceptors (Lipinski definition) is 5. The number of ether oxygens (including phenoxy) is 3. The summed E-state index contributed by atoms with van der Waals surface area (Å²) in [6.45, 7) is 6.30. The first kappa shape index (κ1) is 22.6. The Morgan fingerprint density at radius 2 is 1.76 bits per heavy atom. The molecule has 158 valence electrons. The van der Waals surface area contributed by atoms with Crippen LogP contribution in [0.1, 0.15) is 31.9 Å². The van der Waals surface area contributed by atoms with E-state index in [0.29, 0.717) is 30.2 Å². The average Bonchev–Trinajstić information content (AvgIpc) is 2.72. The number of aliphatic hydroxyl groups is 1. The van der Waals surface area contributed by atoms with Gasteiger partial charge in [0.1, 0.15) is 12.4 Å². The van der Waals surface area contributed by atoms with Crippen molar-refractivity contribution in [3.8, 4) is 17.2 Å². The van der Waals surface area contributed by atoms with E-state index in [4.69, 9.17) is 14.2 Å². The van der Waals surface area contributed by atoms with Gasteiger partial charge in [-0.15, -0.1) is 0 Å². The highest BCUT2D eigenvalue weighted by Gasteiger charge is 2.15. The molecule has 0 spiro atoms. The second kappa shape index (κ2) is 11.3. The molecule has 0 aliphatic heterocycles. The first-order valence-electron chi connectivity index (χ1n) is 9.94. The van der Waals surface area contributed by atoms with Crippen LogP contribution in [-0.2, 0) is 17.6 Å². The first-order valence-corrected chi connectivity index (χ1v) is 9.94. The Kier molecular flexibility index (Phi) is 8.80. The Labute approximate surface area is 172 Å². The number of carbonyl (C=O) groups is 1. The van der Waals surface area contributed by atoms with Gasteiger partial charge in [-0.2, -0.15) is 0 Å². The average molecular weight is 402 g/mol. The van der Waals surface area contributed by atoms with Crippen molar-refractivity contribution in [2.45, 2.75) is 45.8 Å². The van der Waals surface area contributed by atoms with Gasteiger partial charge in [-0.3, -0.25) is 4.79 Å². The Morgan fingerprint density at radius 3 is 2.38 bits per heavy atom. The van der Waals surface area contributed by atoms with Crippen molar-refractivity contribution in [3.05, 3.63) is 53.6 Å². The standard InChI is InChI=1S/C23H31NO5/c1-5-17-6-9-19(10-7-17)28-15-20(25)23(26)24-13-12-18-8-11-21(29-16(2)3)22(14-18)27-4/h6-11,14,16,20,25H,5,12-13,15H2,1-4H3,(H,24,26)/t20-/m0/s1. The fourth-order valence-corrected chi connectivity index (χ4v) is 2.74. The van der Waals surface area contributed by atoms with Crippen LogP contribution in [0, 0.1) is 0 Å². The van der Waals surface area contributed by atoms with Gasteiger partial charge in [0, 0.05) is 6.54 Å². The number of amides is 1. The highest BCUT2D eigenvalue weighted by atomic mass is 16.5. The predicted molar refractivity (Wildman–Crippen MR) is 113 cm³/mol. The zero-order valence-corrected chi connectivity index (χ0v) is 17.6. The number of carbonyl (C=O) groups excluding carboxylic acids is 1. The fourth-order valence-electron chi connectivity index (χ4n) is 2.74. The number of rotatable bonds is 11. The minimum absolute atomic E-state index is 0.0577. The summed E-state index contributed by atoms with van der Waals surface area (Å²) in [6.07, 6.45) is 0.389. The van der Waals surface area contributed by atoms with Crippen molar-refractivity contribution in [1.82, 2.24) is 5.32 Å². The molecule has 2 aromatic rings. The van der Waals surface area contributed by atoms with Crippen molar-refractivity contribution in [3.63, 3.8) is 0 Å². The summed E-state index contributed by atoms with van der Waals surface area (Å²) >= 11 is 0. The van der Waals surface area contributed by atoms with Crippen molar-refractivity contribution in [2.24, 2.45) is 0 Å². The molecule has 6 nitrogen and oxygen atoms in total. The van der Waals surface area contributed by atoms with Crippen molar-refractivity contribution < 1.29 is 24.1 Å². The third kappa shape index (κ3) is 7.31. The van der Waals surface area contributed by atoms with Crippen molar-refractivity contribution in [2.75, 3.05) is 20.3 Å². The molecular weight excluding hydrogens is 370 g/mol. The van der Waals surface area contributed by atoms with E-state index < -0.39 is 12.0 Å². The van der Waals surface area contributed by atoms with Crippen LogP contribution in [0.5, 0.6) is 17.2 Å². The fraction of sp³-hybridized carbons (Fsp3) is 0.435. The lowest BCUT2D eigenvalue weighted by molar-refractivity contribution is -0.130. The maximum atomic E-state index is 12.1. The van der Waals surface area contributed by atoms with E-state index in [1.165, 1.54) is 5.56 Å². The van der Waals surface area contributed by atoms with Crippen molar-refractivity contribution >= 4 is 5.91 Å². The summed E-state index contributed by atoms with van der Waals surface area (Å²) in [7, 11) is 1.60. The third-order valence-electron chi connectivity index (χ3n) is 4.35. The number of aliphatic hydroxyl groups excluding tert-OH is 1. The first-order chi connectivity index (χ1) is 13.9. The lowest BCUT2D eigenvalue weighted by Gasteiger charge is -2.15. The quantitative estimate of drug-likeness (QED) is 0.605. The maximum Gasteiger partial charge on any atom is 0.252 e. The second-order valence-corrected chi connectivity index (χ2v) is 7.02. The zero-order valence-electron chi connectivity index (χ0n) is 17.6. The number of hydrogen-bond donors (Lipinski definition) is 2. The smallest absolute Gasteiger partial charge is 0.252 e. The molecule has 0 heterocycles. The van der Waals surface area contributed by atoms with Crippen LogP contribution in [-0.4, -0.2) is 43.5 Å². The van der Waals surface area contributed by atoms with E-state index in [1.807, 2.05) is 56.3 Å². The van der Waals surface area contributed by atoms with Gasteiger partial charge in [0.15, 0.2) is 17.6 Å². The largest absolute Gasteiger partial charge is 0.493 e. The van der Waals surface area contributed by atoms with Crippen LogP contribution < -0.4 is 19.5 Å². The molecule has 0 unspecified atom stereocenters. The summed E-state index contributed by atoms with van der Waals surface area (Å²) in [5.41, 5.74) is 2.20. The van der Waals surface area contributed by atoms with Crippen LogP contribution in [0.25, 0.3) is 0 Å². The SMILES string of the molecule is CCc1ccc(OC[C@H](O)C(=O)NCCc2ccc(OC(C)C)c(OC)c2)cc1. The van der Waals surface area contributed by atoms with Crippen LogP contribution in [0.4, 0.5) is 0 Å². The molecule has 2 rings (SSSR count). The van der Waals surface area contributed by atoms with Crippen LogP contribution >= 0.6 is 0 Å². The Morgan fingerprint density at radius 1 is 1.07 bits per heavy atom. The zero-order chi connectivity index (χ0) is 21.2. The van der Waals surface area contributed by atoms with Crippen LogP contribution in [0.2, 0.25) is 0 Å². The Bertz CT molecular complexity index is 773. The minimum atomic E-state index is -1.22. The van der Waals surface area contributed by atoms with Gasteiger partial charge in [0.05, 0.1) is 13.2 Å². The molecule has 2 aromatic carbocycles. The van der Waals surface area contributed by atoms with Gasteiger partial charge in [0.2, 0.25) is 0 Å². The summed E-state index contributed by atoms with van der Waals surface area (Å²) < 4.78 is 16.6. The Balaban J connectivity index is 1.77. The van der Waals surface area contributed by atoms with E-state index >= 15 is 0 Å². The molecule has 0 radical (unpaired) electrons. The van der Waals surface area contributed by atoms with Gasteiger partial charge in [-0.1, -0.05) is 25.1 Å². The summed E-state index contributed by atoms with van der Waals surface area (Å²) in [6, 6.07) is 13.3. The Hall–Kier alpha value is -2.73. The number of methoxy groups -OCH3 is 1. The molecule has 29 heavy (non-hydrogen) atoms. The van der Waals surface area contributed by atoms with E-state index in [9.17, 15) is 9.90 Å². The highest BCUT2D eigenvalue weighted by Crippen LogP contribution is 2.29. The molecule has 0 aromatic heterocycles. The molecule has 1 atom stereocenters. The minimum Gasteiger partial charge on any atom is -0.493 e. The van der Waals surface area contributed by atoms with Gasteiger partial charge in [0.25, 0.3) is 5.91 Å². The second-order valence-electron chi connectivity index (χ2n) is 7.02. The van der Waals surface area contributed by atoms with Crippen molar-refractivity contribution in [1.29, 1.82) is 0 Å². The molecular formula is C23H31NO5. The lowest BCUT2D eigenvalue weighted by atomic mass is 10.1. The molecule has 0 fully saturated rings. The van der Waals surface area contributed by atoms with E-state index in [1.54, 1.807) is 7.11 Å². The molecule has 0 aliphatic rings. The molecule has 0 saturated carbocycles. The van der Waals surface area contributed by atoms with Crippen LogP contribution in [0.3, 0.4) is 0 Å². The van der Waals surface area contributed by atoms with Crippen LogP contribution in [0.15, 0.2) is 42.5 Å². The molecule has 6 heteroatoms. The number of benzene rings is 2. The highest BCUT2D eigenvalue weighted by molar-refractivity contribution is 5.80. The number of nitrogens with one attached hydrogen (secondary N) is 1. The molecule has 0 aliphatic carbocycles. The monoisotopic (exact) mass is 401 g/mol. The van der Waals surface area contributed by atoms with Gasteiger partial charge < -0.3 is 24.6 Å². The third-order valence-corrected chi connectivity index (χ3v) is 4.35. The summed E-state index contributed by atoms with van der Waals surface area (Å²) in [5.74, 6) is 1.52. The maximum absolute atomic E-state index is 12.1.